The van der Waals surface area contributed by atoms with Crippen molar-refractivity contribution < 1.29 is 4.79 Å². The van der Waals surface area contributed by atoms with E-state index in [-0.39, 0.29) is 24.0 Å². The number of hydrogen-bond acceptors (Lipinski definition) is 4. The van der Waals surface area contributed by atoms with E-state index in [0.29, 0.717) is 6.54 Å². The smallest absolute Gasteiger partial charge is 0.234 e. The molecule has 0 saturated heterocycles. The van der Waals surface area contributed by atoms with Gasteiger partial charge in [0.1, 0.15) is 0 Å². The molecule has 1 amide bonds. The molecular weight excluding hydrogens is 296 g/mol. The maximum absolute atomic E-state index is 12.0. The molecule has 2 aromatic rings. The fraction of sp³-hybridized carbons (Fsp3) is 0.500. The first-order valence-electron chi connectivity index (χ1n) is 7.54. The lowest BCUT2D eigenvalue weighted by atomic mass is 10.1. The van der Waals surface area contributed by atoms with Gasteiger partial charge in [0.2, 0.25) is 5.91 Å². The molecule has 3 atom stereocenters. The number of hydrogen-bond donors (Lipinski definition) is 2. The first-order chi connectivity index (χ1) is 10.5. The van der Waals surface area contributed by atoms with Crippen LogP contribution in [0.2, 0.25) is 0 Å². The summed E-state index contributed by atoms with van der Waals surface area (Å²) in [5, 5.41) is 12.6. The second-order valence-electron chi connectivity index (χ2n) is 5.71. The summed E-state index contributed by atoms with van der Waals surface area (Å²) in [7, 11) is 0. The Morgan fingerprint density at radius 2 is 2.18 bits per heavy atom. The van der Waals surface area contributed by atoms with Crippen molar-refractivity contribution in [3.05, 3.63) is 40.3 Å². The molecular formula is C16H24N4OS. The first-order valence-corrected chi connectivity index (χ1v) is 8.42. The van der Waals surface area contributed by atoms with Crippen LogP contribution >= 0.6 is 11.3 Å². The van der Waals surface area contributed by atoms with Crippen LogP contribution in [0.5, 0.6) is 0 Å². The molecule has 0 saturated carbocycles. The molecule has 0 unspecified atom stereocenters. The number of carbonyl (C=O) groups is 1. The van der Waals surface area contributed by atoms with Crippen LogP contribution in [0.15, 0.2) is 29.9 Å². The Kier molecular flexibility index (Phi) is 5.74. The monoisotopic (exact) mass is 320 g/mol. The molecule has 5 nitrogen and oxygen atoms in total. The zero-order valence-corrected chi connectivity index (χ0v) is 14.4. The SMILES string of the molecule is Cc1cnn([C@H](C)[C@H](C)NCC(=O)N[C@@H](C)c2cccs2)c1. The molecule has 2 aromatic heterocycles. The van der Waals surface area contributed by atoms with Gasteiger partial charge in [0.15, 0.2) is 0 Å². The molecule has 0 aromatic carbocycles. The van der Waals surface area contributed by atoms with Crippen molar-refractivity contribution in [2.45, 2.75) is 45.8 Å². The van der Waals surface area contributed by atoms with Crippen LogP contribution in [0.3, 0.4) is 0 Å². The summed E-state index contributed by atoms with van der Waals surface area (Å²) < 4.78 is 1.93. The number of nitrogens with zero attached hydrogens (tertiary/aromatic N) is 2. The summed E-state index contributed by atoms with van der Waals surface area (Å²) in [6.07, 6.45) is 3.86. The molecule has 0 aliphatic rings. The van der Waals surface area contributed by atoms with Gasteiger partial charge in [-0.2, -0.15) is 5.10 Å². The van der Waals surface area contributed by atoms with Crippen LogP contribution in [0.25, 0.3) is 0 Å². The highest BCUT2D eigenvalue weighted by Crippen LogP contribution is 2.17. The van der Waals surface area contributed by atoms with E-state index in [2.05, 4.69) is 29.6 Å². The third kappa shape index (κ3) is 4.42. The largest absolute Gasteiger partial charge is 0.348 e. The summed E-state index contributed by atoms with van der Waals surface area (Å²) >= 11 is 1.66. The van der Waals surface area contributed by atoms with Gasteiger partial charge in [0.05, 0.1) is 24.8 Å². The summed E-state index contributed by atoms with van der Waals surface area (Å²) in [5.41, 5.74) is 1.14. The van der Waals surface area contributed by atoms with Gasteiger partial charge in [0.25, 0.3) is 0 Å². The van der Waals surface area contributed by atoms with Gasteiger partial charge in [-0.3, -0.25) is 9.48 Å². The fourth-order valence-corrected chi connectivity index (χ4v) is 2.94. The molecule has 6 heteroatoms. The number of rotatable bonds is 7. The van der Waals surface area contributed by atoms with Gasteiger partial charge in [0, 0.05) is 17.1 Å². The van der Waals surface area contributed by atoms with E-state index in [4.69, 9.17) is 0 Å². The van der Waals surface area contributed by atoms with Crippen molar-refractivity contribution >= 4 is 17.2 Å². The molecule has 0 fully saturated rings. The van der Waals surface area contributed by atoms with Crippen LogP contribution in [0.1, 0.15) is 43.3 Å². The van der Waals surface area contributed by atoms with Crippen molar-refractivity contribution in [2.75, 3.05) is 6.54 Å². The summed E-state index contributed by atoms with van der Waals surface area (Å²) in [4.78, 5) is 13.2. The molecule has 2 rings (SSSR count). The number of carbonyl (C=O) groups excluding carboxylic acids is 1. The van der Waals surface area contributed by atoms with Crippen LogP contribution < -0.4 is 10.6 Å². The molecule has 22 heavy (non-hydrogen) atoms. The lowest BCUT2D eigenvalue weighted by Crippen LogP contribution is -2.41. The lowest BCUT2D eigenvalue weighted by molar-refractivity contribution is -0.121. The van der Waals surface area contributed by atoms with E-state index >= 15 is 0 Å². The maximum Gasteiger partial charge on any atom is 0.234 e. The highest BCUT2D eigenvalue weighted by molar-refractivity contribution is 7.10. The molecule has 0 radical (unpaired) electrons. The van der Waals surface area contributed by atoms with E-state index in [1.54, 1.807) is 11.3 Å². The Hall–Kier alpha value is -1.66. The van der Waals surface area contributed by atoms with Crippen LogP contribution in [-0.2, 0) is 4.79 Å². The number of nitrogens with one attached hydrogen (secondary N) is 2. The quantitative estimate of drug-likeness (QED) is 0.824. The average molecular weight is 320 g/mol. The third-order valence-electron chi connectivity index (χ3n) is 3.80. The van der Waals surface area contributed by atoms with Gasteiger partial charge in [-0.05, 0) is 44.7 Å². The molecule has 120 valence electrons. The first kappa shape index (κ1) is 16.7. The minimum atomic E-state index is 0.0107. The van der Waals surface area contributed by atoms with Crippen LogP contribution in [0, 0.1) is 6.92 Å². The average Bonchev–Trinajstić information content (AvgIpc) is 3.15. The lowest BCUT2D eigenvalue weighted by Gasteiger charge is -2.22. The Morgan fingerprint density at radius 1 is 1.41 bits per heavy atom. The second-order valence-corrected chi connectivity index (χ2v) is 6.69. The molecule has 0 spiro atoms. The number of aromatic nitrogens is 2. The minimum absolute atomic E-state index is 0.0107. The highest BCUT2D eigenvalue weighted by Gasteiger charge is 2.16. The highest BCUT2D eigenvalue weighted by atomic mass is 32.1. The summed E-state index contributed by atoms with van der Waals surface area (Å²) in [5.74, 6) is 0.0107. The summed E-state index contributed by atoms with van der Waals surface area (Å²) in [6.45, 7) is 8.49. The van der Waals surface area contributed by atoms with Gasteiger partial charge in [-0.15, -0.1) is 11.3 Å². The normalized spacial score (nSPS) is 15.3. The number of aryl methyl sites for hydroxylation is 1. The third-order valence-corrected chi connectivity index (χ3v) is 4.86. The predicted molar refractivity (Wildman–Crippen MR) is 90.0 cm³/mol. The maximum atomic E-state index is 12.0. The van der Waals surface area contributed by atoms with Crippen LogP contribution in [-0.4, -0.2) is 28.3 Å². The fourth-order valence-electron chi connectivity index (χ4n) is 2.21. The van der Waals surface area contributed by atoms with Gasteiger partial charge >= 0.3 is 0 Å². The topological polar surface area (TPSA) is 59.0 Å². The van der Waals surface area contributed by atoms with Gasteiger partial charge in [-0.1, -0.05) is 6.07 Å². The Labute approximate surface area is 135 Å². The van der Waals surface area contributed by atoms with Crippen molar-refractivity contribution in [3.8, 4) is 0 Å². The van der Waals surface area contributed by atoms with E-state index in [0.717, 1.165) is 5.56 Å². The van der Waals surface area contributed by atoms with Gasteiger partial charge < -0.3 is 10.6 Å². The zero-order chi connectivity index (χ0) is 16.1. The van der Waals surface area contributed by atoms with Crippen molar-refractivity contribution in [3.63, 3.8) is 0 Å². The van der Waals surface area contributed by atoms with E-state index < -0.39 is 0 Å². The number of amides is 1. The van der Waals surface area contributed by atoms with Crippen molar-refractivity contribution in [1.29, 1.82) is 0 Å². The predicted octanol–water partition coefficient (Wildman–Crippen LogP) is 2.67. The summed E-state index contributed by atoms with van der Waals surface area (Å²) in [6, 6.07) is 4.43. The second kappa shape index (κ2) is 7.56. The zero-order valence-electron chi connectivity index (χ0n) is 13.5. The minimum Gasteiger partial charge on any atom is -0.348 e. The molecule has 2 heterocycles. The Morgan fingerprint density at radius 3 is 2.77 bits per heavy atom. The van der Waals surface area contributed by atoms with E-state index in [1.807, 2.05) is 48.4 Å². The standard InChI is InChI=1S/C16H24N4OS/c1-11-8-18-20(10-11)14(4)12(2)17-9-16(21)19-13(3)15-6-5-7-22-15/h5-8,10,12-14,17H,9H2,1-4H3,(H,19,21)/t12-,13-,14+/m0/s1. The van der Waals surface area contributed by atoms with Gasteiger partial charge in [-0.25, -0.2) is 0 Å². The molecule has 2 N–H and O–H groups in total. The van der Waals surface area contributed by atoms with Crippen molar-refractivity contribution in [1.82, 2.24) is 20.4 Å². The van der Waals surface area contributed by atoms with E-state index in [9.17, 15) is 4.79 Å². The number of thiophene rings is 1. The molecule has 0 bridgehead atoms. The van der Waals surface area contributed by atoms with E-state index in [1.165, 1.54) is 4.88 Å². The molecule has 0 aliphatic heterocycles. The van der Waals surface area contributed by atoms with Crippen LogP contribution in [0.4, 0.5) is 0 Å². The Balaban J connectivity index is 1.78. The molecule has 0 aliphatic carbocycles. The van der Waals surface area contributed by atoms with Crippen molar-refractivity contribution in [2.24, 2.45) is 0 Å². The Bertz CT molecular complexity index is 593.